The van der Waals surface area contributed by atoms with Crippen molar-refractivity contribution in [3.63, 3.8) is 0 Å². The molecule has 1 heterocycles. The third-order valence-corrected chi connectivity index (χ3v) is 2.58. The fourth-order valence-corrected chi connectivity index (χ4v) is 1.64. The van der Waals surface area contributed by atoms with E-state index in [1.165, 1.54) is 0 Å². The molecule has 0 saturated heterocycles. The van der Waals surface area contributed by atoms with Gasteiger partial charge < -0.3 is 9.84 Å². The first-order valence-corrected chi connectivity index (χ1v) is 6.16. The molecule has 108 valence electrons. The monoisotopic (exact) mass is 285 g/mol. The molecule has 0 amide bonds. The Labute approximate surface area is 114 Å². The molecule has 2 rings (SSSR count). The van der Waals surface area contributed by atoms with Crippen molar-refractivity contribution in [1.29, 1.82) is 0 Å². The van der Waals surface area contributed by atoms with Crippen LogP contribution in [0, 0.1) is 0 Å². The molecule has 20 heavy (non-hydrogen) atoms. The molecule has 0 spiro atoms. The van der Waals surface area contributed by atoms with E-state index in [1.54, 1.807) is 0 Å². The van der Waals surface area contributed by atoms with Gasteiger partial charge in [0.2, 0.25) is 5.89 Å². The number of rotatable bonds is 6. The summed E-state index contributed by atoms with van der Waals surface area (Å²) in [6, 6.07) is 9.62. The van der Waals surface area contributed by atoms with E-state index in [0.29, 0.717) is 12.2 Å². The van der Waals surface area contributed by atoms with Crippen molar-refractivity contribution in [3.05, 3.63) is 47.6 Å². The SMILES string of the molecule is FC(F)(F)CCNCc1nc(Cc2ccccc2)no1. The molecule has 7 heteroatoms. The van der Waals surface area contributed by atoms with Crippen molar-refractivity contribution in [1.82, 2.24) is 15.5 Å². The number of benzene rings is 1. The number of alkyl halides is 3. The fourth-order valence-electron chi connectivity index (χ4n) is 1.64. The number of hydrogen-bond acceptors (Lipinski definition) is 4. The van der Waals surface area contributed by atoms with E-state index < -0.39 is 12.6 Å². The van der Waals surface area contributed by atoms with Crippen LogP contribution in [0.3, 0.4) is 0 Å². The predicted octanol–water partition coefficient (Wildman–Crippen LogP) is 2.70. The lowest BCUT2D eigenvalue weighted by atomic mass is 10.1. The van der Waals surface area contributed by atoms with E-state index in [9.17, 15) is 13.2 Å². The second kappa shape index (κ2) is 6.51. The van der Waals surface area contributed by atoms with Gasteiger partial charge in [0.1, 0.15) is 0 Å². The van der Waals surface area contributed by atoms with Crippen molar-refractivity contribution in [2.75, 3.05) is 6.54 Å². The van der Waals surface area contributed by atoms with E-state index in [-0.39, 0.29) is 19.0 Å². The molecule has 1 aromatic heterocycles. The van der Waals surface area contributed by atoms with Crippen LogP contribution < -0.4 is 5.32 Å². The van der Waals surface area contributed by atoms with E-state index in [4.69, 9.17) is 4.52 Å². The minimum atomic E-state index is -4.15. The molecule has 4 nitrogen and oxygen atoms in total. The summed E-state index contributed by atoms with van der Waals surface area (Å²) in [5.74, 6) is 0.807. The van der Waals surface area contributed by atoms with Crippen molar-refractivity contribution >= 4 is 0 Å². The predicted molar refractivity (Wildman–Crippen MR) is 65.9 cm³/mol. The molecule has 0 unspecified atom stereocenters. The number of aromatic nitrogens is 2. The summed E-state index contributed by atoms with van der Waals surface area (Å²) in [6.07, 6.45) is -4.49. The van der Waals surface area contributed by atoms with E-state index >= 15 is 0 Å². The number of nitrogens with zero attached hydrogens (tertiary/aromatic N) is 2. The zero-order chi connectivity index (χ0) is 14.4. The highest BCUT2D eigenvalue weighted by Crippen LogP contribution is 2.18. The van der Waals surface area contributed by atoms with Crippen LogP contribution in [-0.4, -0.2) is 22.9 Å². The molecule has 0 saturated carbocycles. The summed E-state index contributed by atoms with van der Waals surface area (Å²) in [4.78, 5) is 4.12. The van der Waals surface area contributed by atoms with Crippen LogP contribution in [0.4, 0.5) is 13.2 Å². The number of nitrogens with one attached hydrogen (secondary N) is 1. The van der Waals surface area contributed by atoms with Gasteiger partial charge in [-0.2, -0.15) is 18.2 Å². The zero-order valence-corrected chi connectivity index (χ0v) is 10.7. The van der Waals surface area contributed by atoms with Gasteiger partial charge in [-0.25, -0.2) is 0 Å². The van der Waals surface area contributed by atoms with E-state index in [1.807, 2.05) is 30.3 Å². The van der Waals surface area contributed by atoms with Gasteiger partial charge in [-0.3, -0.25) is 0 Å². The summed E-state index contributed by atoms with van der Waals surface area (Å²) in [5.41, 5.74) is 1.05. The first-order chi connectivity index (χ1) is 9.53. The van der Waals surface area contributed by atoms with Gasteiger partial charge in [0.05, 0.1) is 13.0 Å². The van der Waals surface area contributed by atoms with Crippen LogP contribution in [0.15, 0.2) is 34.9 Å². The summed E-state index contributed by atoms with van der Waals surface area (Å²) < 4.78 is 40.8. The van der Waals surface area contributed by atoms with Gasteiger partial charge in [-0.15, -0.1) is 0 Å². The minimum Gasteiger partial charge on any atom is -0.338 e. The minimum absolute atomic E-state index is 0.137. The van der Waals surface area contributed by atoms with Gasteiger partial charge in [-0.05, 0) is 5.56 Å². The smallest absolute Gasteiger partial charge is 0.338 e. The van der Waals surface area contributed by atoms with Crippen LogP contribution in [0.2, 0.25) is 0 Å². The third kappa shape index (κ3) is 5.00. The highest BCUT2D eigenvalue weighted by atomic mass is 19.4. The standard InChI is InChI=1S/C13H14F3N3O/c14-13(15,16)6-7-17-9-12-18-11(19-20-12)8-10-4-2-1-3-5-10/h1-5,17H,6-9H2. The first-order valence-electron chi connectivity index (χ1n) is 6.16. The Morgan fingerprint density at radius 3 is 2.60 bits per heavy atom. The maximum Gasteiger partial charge on any atom is 0.390 e. The van der Waals surface area contributed by atoms with Crippen LogP contribution in [0.1, 0.15) is 23.7 Å². The van der Waals surface area contributed by atoms with Crippen LogP contribution in [0.5, 0.6) is 0 Å². The lowest BCUT2D eigenvalue weighted by molar-refractivity contribution is -0.133. The summed E-state index contributed by atoms with van der Waals surface area (Å²) >= 11 is 0. The van der Waals surface area contributed by atoms with E-state index in [2.05, 4.69) is 15.5 Å². The highest BCUT2D eigenvalue weighted by molar-refractivity contribution is 5.18. The van der Waals surface area contributed by atoms with Crippen molar-refractivity contribution in [2.24, 2.45) is 0 Å². The van der Waals surface area contributed by atoms with Crippen molar-refractivity contribution in [3.8, 4) is 0 Å². The van der Waals surface area contributed by atoms with Crippen LogP contribution in [-0.2, 0) is 13.0 Å². The molecule has 0 aliphatic carbocycles. The summed E-state index contributed by atoms with van der Waals surface area (Å²) in [6.45, 7) is -0.0300. The van der Waals surface area contributed by atoms with Gasteiger partial charge in [-0.1, -0.05) is 35.5 Å². The number of hydrogen-bond donors (Lipinski definition) is 1. The van der Waals surface area contributed by atoms with Crippen LogP contribution >= 0.6 is 0 Å². The summed E-state index contributed by atoms with van der Waals surface area (Å²) in [5, 5.41) is 6.41. The molecule has 1 aromatic carbocycles. The lowest BCUT2D eigenvalue weighted by Gasteiger charge is -2.05. The van der Waals surface area contributed by atoms with Crippen LogP contribution in [0.25, 0.3) is 0 Å². The Morgan fingerprint density at radius 1 is 1.15 bits per heavy atom. The molecule has 0 fully saturated rings. The Kier molecular flexibility index (Phi) is 4.73. The van der Waals surface area contributed by atoms with Gasteiger partial charge in [0.25, 0.3) is 0 Å². The Hall–Kier alpha value is -1.89. The molecular weight excluding hydrogens is 271 g/mol. The molecule has 1 N–H and O–H groups in total. The van der Waals surface area contributed by atoms with E-state index in [0.717, 1.165) is 5.56 Å². The van der Waals surface area contributed by atoms with Gasteiger partial charge in [0, 0.05) is 13.0 Å². The molecule has 2 aromatic rings. The second-order valence-electron chi connectivity index (χ2n) is 4.31. The van der Waals surface area contributed by atoms with Crippen molar-refractivity contribution < 1.29 is 17.7 Å². The fraction of sp³-hybridized carbons (Fsp3) is 0.385. The third-order valence-electron chi connectivity index (χ3n) is 2.58. The maximum atomic E-state index is 11.9. The molecule has 0 atom stereocenters. The Bertz CT molecular complexity index is 525. The zero-order valence-electron chi connectivity index (χ0n) is 10.7. The number of halogens is 3. The Balaban J connectivity index is 1.78. The quantitative estimate of drug-likeness (QED) is 0.829. The lowest BCUT2D eigenvalue weighted by Crippen LogP contribution is -2.21. The van der Waals surface area contributed by atoms with Crippen molar-refractivity contribution in [2.45, 2.75) is 25.6 Å². The molecule has 0 aliphatic rings. The normalized spacial score (nSPS) is 11.8. The summed E-state index contributed by atoms with van der Waals surface area (Å²) in [7, 11) is 0. The second-order valence-corrected chi connectivity index (χ2v) is 4.31. The topological polar surface area (TPSA) is 51.0 Å². The maximum absolute atomic E-state index is 11.9. The van der Waals surface area contributed by atoms with Gasteiger partial charge in [0.15, 0.2) is 5.82 Å². The average Bonchev–Trinajstić information content (AvgIpc) is 2.82. The molecule has 0 radical (unpaired) electrons. The highest BCUT2D eigenvalue weighted by Gasteiger charge is 2.26. The van der Waals surface area contributed by atoms with Gasteiger partial charge >= 0.3 is 6.18 Å². The molecule has 0 aliphatic heterocycles. The first kappa shape index (κ1) is 14.5. The Morgan fingerprint density at radius 2 is 1.90 bits per heavy atom. The average molecular weight is 285 g/mol. The molecule has 0 bridgehead atoms. The largest absolute Gasteiger partial charge is 0.390 e. The molecular formula is C13H14F3N3O.